The lowest BCUT2D eigenvalue weighted by atomic mass is 9.97. The number of amides is 1. The number of fused-ring (bicyclic) bond motifs is 3. The van der Waals surface area contributed by atoms with Crippen LogP contribution < -0.4 is 4.74 Å². The third-order valence-electron chi connectivity index (χ3n) is 5.14. The molecule has 1 aliphatic rings. The van der Waals surface area contributed by atoms with Gasteiger partial charge in [-0.05, 0) is 24.1 Å². The molecule has 7 nitrogen and oxygen atoms in total. The molecule has 3 aromatic rings. The highest BCUT2D eigenvalue weighted by molar-refractivity contribution is 6.32. The van der Waals surface area contributed by atoms with Crippen LogP contribution in [0, 0.1) is 18.3 Å². The molecule has 1 aliphatic heterocycles. The second-order valence-corrected chi connectivity index (χ2v) is 7.14. The van der Waals surface area contributed by atoms with Gasteiger partial charge in [-0.3, -0.25) is 4.79 Å². The van der Waals surface area contributed by atoms with Crippen molar-refractivity contribution in [1.82, 2.24) is 19.9 Å². The first-order chi connectivity index (χ1) is 13.5. The number of carbonyl (C=O) groups is 1. The molecular formula is C20H18ClN5O2. The van der Waals surface area contributed by atoms with Crippen molar-refractivity contribution < 1.29 is 9.53 Å². The number of halogens is 1. The summed E-state index contributed by atoms with van der Waals surface area (Å²) in [6.45, 7) is 2.95. The number of aromatic nitrogens is 3. The molecule has 1 aromatic carbocycles. The number of ether oxygens (including phenoxy) is 1. The van der Waals surface area contributed by atoms with Crippen LogP contribution in [-0.2, 0) is 19.4 Å². The fourth-order valence-corrected chi connectivity index (χ4v) is 3.88. The van der Waals surface area contributed by atoms with E-state index in [1.165, 1.54) is 19.5 Å². The van der Waals surface area contributed by atoms with Crippen molar-refractivity contribution in [3.63, 3.8) is 0 Å². The summed E-state index contributed by atoms with van der Waals surface area (Å²) in [4.78, 5) is 26.3. The number of aryl methyl sites for hydroxylation is 1. The molecule has 0 aliphatic carbocycles. The molecule has 0 radical (unpaired) electrons. The average molecular weight is 396 g/mol. The summed E-state index contributed by atoms with van der Waals surface area (Å²) in [6.07, 6.45) is 3.92. The normalized spacial score (nSPS) is 13.3. The van der Waals surface area contributed by atoms with Crippen LogP contribution in [0.25, 0.3) is 10.9 Å². The Labute approximate surface area is 166 Å². The molecule has 0 bridgehead atoms. The van der Waals surface area contributed by atoms with Gasteiger partial charge < -0.3 is 14.6 Å². The van der Waals surface area contributed by atoms with E-state index in [9.17, 15) is 10.1 Å². The first-order valence-electron chi connectivity index (χ1n) is 8.87. The topological polar surface area (TPSA) is 94.9 Å². The minimum absolute atomic E-state index is 0.139. The van der Waals surface area contributed by atoms with Gasteiger partial charge in [0.05, 0.1) is 37.5 Å². The summed E-state index contributed by atoms with van der Waals surface area (Å²) in [5.41, 5.74) is 4.88. The summed E-state index contributed by atoms with van der Waals surface area (Å²) in [7, 11) is 1.52. The van der Waals surface area contributed by atoms with Crippen LogP contribution in [0.5, 0.6) is 5.75 Å². The van der Waals surface area contributed by atoms with Gasteiger partial charge in [0.2, 0.25) is 5.82 Å². The standard InChI is InChI=1S/C20H18ClN5O2/c1-11-15(21)7-12(3-5-22)17-14-10-26(6-4-16(14)25-18(11)17)20(27)19-23-8-13(28-2)9-24-19/h7-9,25H,3-4,6,10H2,1-2H3. The van der Waals surface area contributed by atoms with Crippen LogP contribution in [0.15, 0.2) is 18.5 Å². The number of nitrogens with one attached hydrogen (secondary N) is 1. The Kier molecular flexibility index (Phi) is 4.65. The number of rotatable bonds is 3. The molecule has 4 rings (SSSR count). The molecule has 28 heavy (non-hydrogen) atoms. The SMILES string of the molecule is COc1cnc(C(=O)N2CCc3[nH]c4c(C)c(Cl)cc(CC#N)c4c3C2)nc1. The zero-order chi connectivity index (χ0) is 19.8. The number of methoxy groups -OCH3 is 1. The van der Waals surface area contributed by atoms with Gasteiger partial charge in [-0.1, -0.05) is 11.6 Å². The van der Waals surface area contributed by atoms with Crippen molar-refractivity contribution in [1.29, 1.82) is 5.26 Å². The first kappa shape index (κ1) is 18.3. The molecule has 0 saturated carbocycles. The van der Waals surface area contributed by atoms with Crippen molar-refractivity contribution >= 4 is 28.4 Å². The van der Waals surface area contributed by atoms with Crippen molar-refractivity contribution in [3.8, 4) is 11.8 Å². The van der Waals surface area contributed by atoms with Crippen LogP contribution >= 0.6 is 11.6 Å². The van der Waals surface area contributed by atoms with E-state index >= 15 is 0 Å². The fraction of sp³-hybridized carbons (Fsp3) is 0.300. The zero-order valence-corrected chi connectivity index (χ0v) is 16.3. The number of carbonyl (C=O) groups excluding carboxylic acids is 1. The van der Waals surface area contributed by atoms with Crippen molar-refractivity contribution in [2.24, 2.45) is 0 Å². The van der Waals surface area contributed by atoms with Crippen LogP contribution in [-0.4, -0.2) is 39.4 Å². The van der Waals surface area contributed by atoms with Gasteiger partial charge in [-0.15, -0.1) is 0 Å². The van der Waals surface area contributed by atoms with Crippen LogP contribution in [0.1, 0.15) is 33.0 Å². The summed E-state index contributed by atoms with van der Waals surface area (Å²) in [5.74, 6) is 0.415. The van der Waals surface area contributed by atoms with Crippen LogP contribution in [0.4, 0.5) is 0 Å². The van der Waals surface area contributed by atoms with Crippen molar-refractivity contribution in [2.75, 3.05) is 13.7 Å². The lowest BCUT2D eigenvalue weighted by Crippen LogP contribution is -2.36. The van der Waals surface area contributed by atoms with E-state index in [1.807, 2.05) is 13.0 Å². The molecule has 3 heterocycles. The van der Waals surface area contributed by atoms with Crippen molar-refractivity contribution in [2.45, 2.75) is 26.3 Å². The Morgan fingerprint density at radius 3 is 2.86 bits per heavy atom. The number of nitriles is 1. The predicted molar refractivity (Wildman–Crippen MR) is 104 cm³/mol. The average Bonchev–Trinajstić information content (AvgIpc) is 3.10. The molecule has 0 saturated heterocycles. The molecule has 1 amide bonds. The Bertz CT molecular complexity index is 1110. The molecule has 0 fully saturated rings. The van der Waals surface area contributed by atoms with Crippen LogP contribution in [0.3, 0.4) is 0 Å². The van der Waals surface area contributed by atoms with E-state index in [-0.39, 0.29) is 18.2 Å². The first-order valence-corrected chi connectivity index (χ1v) is 9.25. The molecule has 1 N–H and O–H groups in total. The van der Waals surface area contributed by atoms with E-state index in [0.29, 0.717) is 30.3 Å². The quantitative estimate of drug-likeness (QED) is 0.734. The highest BCUT2D eigenvalue weighted by Gasteiger charge is 2.28. The number of nitrogens with zero attached hydrogens (tertiary/aromatic N) is 4. The minimum Gasteiger partial charge on any atom is -0.494 e. The smallest absolute Gasteiger partial charge is 0.291 e. The van der Waals surface area contributed by atoms with Gasteiger partial charge in [0.15, 0.2) is 5.75 Å². The van der Waals surface area contributed by atoms with E-state index in [1.54, 1.807) is 4.90 Å². The maximum absolute atomic E-state index is 12.9. The number of hydrogen-bond acceptors (Lipinski definition) is 5. The largest absolute Gasteiger partial charge is 0.494 e. The van der Waals surface area contributed by atoms with Gasteiger partial charge in [0.25, 0.3) is 5.91 Å². The number of H-pyrrole nitrogens is 1. The van der Waals surface area contributed by atoms with Crippen molar-refractivity contribution in [3.05, 3.63) is 51.7 Å². The molecule has 0 atom stereocenters. The summed E-state index contributed by atoms with van der Waals surface area (Å²) < 4.78 is 5.04. The van der Waals surface area contributed by atoms with E-state index in [2.05, 4.69) is 21.0 Å². The van der Waals surface area contributed by atoms with Gasteiger partial charge >= 0.3 is 0 Å². The highest BCUT2D eigenvalue weighted by Crippen LogP contribution is 2.35. The molecule has 2 aromatic heterocycles. The maximum atomic E-state index is 12.9. The summed E-state index contributed by atoms with van der Waals surface area (Å²) in [5, 5.41) is 10.8. The fourth-order valence-electron chi connectivity index (χ4n) is 3.65. The zero-order valence-electron chi connectivity index (χ0n) is 15.5. The third kappa shape index (κ3) is 2.96. The highest BCUT2D eigenvalue weighted by atomic mass is 35.5. The summed E-state index contributed by atoms with van der Waals surface area (Å²) >= 11 is 6.36. The molecule has 8 heteroatoms. The number of hydrogen-bond donors (Lipinski definition) is 1. The Morgan fingerprint density at radius 1 is 1.43 bits per heavy atom. The number of aromatic amines is 1. The predicted octanol–water partition coefficient (Wildman–Crippen LogP) is 3.19. The monoisotopic (exact) mass is 395 g/mol. The van der Waals surface area contributed by atoms with Gasteiger partial charge in [-0.25, -0.2) is 9.97 Å². The van der Waals surface area contributed by atoms with Gasteiger partial charge in [0, 0.05) is 41.2 Å². The summed E-state index contributed by atoms with van der Waals surface area (Å²) in [6, 6.07) is 4.06. The minimum atomic E-state index is -0.227. The maximum Gasteiger partial charge on any atom is 0.291 e. The second-order valence-electron chi connectivity index (χ2n) is 6.73. The molecule has 0 spiro atoms. The van der Waals surface area contributed by atoms with Gasteiger partial charge in [-0.2, -0.15) is 5.26 Å². The van der Waals surface area contributed by atoms with Gasteiger partial charge in [0.1, 0.15) is 0 Å². The Morgan fingerprint density at radius 2 is 2.18 bits per heavy atom. The number of benzene rings is 1. The van der Waals surface area contributed by atoms with E-state index in [4.69, 9.17) is 16.3 Å². The van der Waals surface area contributed by atoms with Crippen LogP contribution in [0.2, 0.25) is 5.02 Å². The molecular weight excluding hydrogens is 378 g/mol. The van der Waals surface area contributed by atoms with E-state index in [0.717, 1.165) is 33.3 Å². The second kappa shape index (κ2) is 7.13. The lowest BCUT2D eigenvalue weighted by Gasteiger charge is -2.26. The Balaban J connectivity index is 1.73. The third-order valence-corrected chi connectivity index (χ3v) is 5.53. The lowest BCUT2D eigenvalue weighted by molar-refractivity contribution is 0.0722. The molecule has 142 valence electrons. The van der Waals surface area contributed by atoms with E-state index < -0.39 is 0 Å². The molecule has 0 unspecified atom stereocenters. The Hall–Kier alpha value is -3.11.